The number of methoxy groups -OCH3 is 2. The first-order chi connectivity index (χ1) is 21.9. The molecular formula is C40H36O5. The van der Waals surface area contributed by atoms with Gasteiger partial charge >= 0.3 is 0 Å². The van der Waals surface area contributed by atoms with Gasteiger partial charge in [0.1, 0.15) is 17.1 Å². The van der Waals surface area contributed by atoms with E-state index in [0.717, 1.165) is 11.1 Å². The highest BCUT2D eigenvalue weighted by Gasteiger charge is 2.58. The van der Waals surface area contributed by atoms with E-state index in [4.69, 9.17) is 9.47 Å². The highest BCUT2D eigenvalue weighted by molar-refractivity contribution is 6.03. The first-order valence-electron chi connectivity index (χ1n) is 15.2. The van der Waals surface area contributed by atoms with Gasteiger partial charge in [-0.15, -0.1) is 0 Å². The van der Waals surface area contributed by atoms with Crippen LogP contribution in [0, 0.1) is 11.8 Å². The number of aliphatic hydroxyl groups is 1. The zero-order chi connectivity index (χ0) is 31.4. The third-order valence-corrected chi connectivity index (χ3v) is 9.25. The summed E-state index contributed by atoms with van der Waals surface area (Å²) in [5, 5.41) is 13.1. The highest BCUT2D eigenvalue weighted by Crippen LogP contribution is 2.58. The molecule has 1 N–H and O–H groups in total. The smallest absolute Gasteiger partial charge is 0.169 e. The molecule has 5 aromatic carbocycles. The molecule has 0 aliphatic heterocycles. The van der Waals surface area contributed by atoms with Crippen molar-refractivity contribution in [3.8, 4) is 11.5 Å². The Kier molecular flexibility index (Phi) is 8.63. The lowest BCUT2D eigenvalue weighted by molar-refractivity contribution is -0.0690. The van der Waals surface area contributed by atoms with Gasteiger partial charge in [-0.2, -0.15) is 0 Å². The van der Waals surface area contributed by atoms with E-state index in [1.54, 1.807) is 26.4 Å². The van der Waals surface area contributed by atoms with Crippen LogP contribution >= 0.6 is 0 Å². The van der Waals surface area contributed by atoms with E-state index in [9.17, 15) is 14.7 Å². The van der Waals surface area contributed by atoms with Crippen molar-refractivity contribution in [3.63, 3.8) is 0 Å². The standard InChI is InChI=1S/C40H36O5/c1-44-32-22-18-27(19-23-32)34-26-40(43,31-16-10-5-11-17-31)37(39(42)30-14-8-4-9-15-30)35(28-20-24-33(45-2)25-21-28)36(34)38(41)29-12-6-3-7-13-29/h3-25,34-37,43H,26H2,1-2H3/t34-,35+,36+,37+,40-/m0/s1. The van der Waals surface area contributed by atoms with Gasteiger partial charge in [-0.05, 0) is 53.3 Å². The Balaban J connectivity index is 1.64. The van der Waals surface area contributed by atoms with E-state index in [0.29, 0.717) is 28.2 Å². The number of hydrogen-bond acceptors (Lipinski definition) is 5. The SMILES string of the molecule is COc1ccc([C@@H]2[C@H](C(=O)c3ccccc3)[C@H](c3ccc(OC)cc3)C[C@](O)(c3ccccc3)[C@H]2C(=O)c2ccccc2)cc1. The van der Waals surface area contributed by atoms with Crippen LogP contribution in [0.25, 0.3) is 0 Å². The number of carbonyl (C=O) groups excluding carboxylic acids is 2. The summed E-state index contributed by atoms with van der Waals surface area (Å²) in [7, 11) is 3.22. The van der Waals surface area contributed by atoms with E-state index in [1.165, 1.54) is 0 Å². The van der Waals surface area contributed by atoms with Gasteiger partial charge in [-0.3, -0.25) is 9.59 Å². The van der Waals surface area contributed by atoms with Crippen molar-refractivity contribution in [2.75, 3.05) is 14.2 Å². The van der Waals surface area contributed by atoms with Crippen LogP contribution in [-0.4, -0.2) is 30.9 Å². The predicted octanol–water partition coefficient (Wildman–Crippen LogP) is 7.86. The van der Waals surface area contributed by atoms with Gasteiger partial charge in [0.05, 0.1) is 20.1 Å². The summed E-state index contributed by atoms with van der Waals surface area (Å²) in [5.41, 5.74) is 1.77. The second-order valence-corrected chi connectivity index (χ2v) is 11.6. The number of benzene rings is 5. The summed E-state index contributed by atoms with van der Waals surface area (Å²) in [5.74, 6) is -1.67. The number of ketones is 2. The normalized spacial score (nSPS) is 22.7. The molecule has 0 bridgehead atoms. The minimum atomic E-state index is -1.60. The molecule has 0 aromatic heterocycles. The second-order valence-electron chi connectivity index (χ2n) is 11.6. The molecular weight excluding hydrogens is 560 g/mol. The Morgan fingerprint density at radius 3 is 1.53 bits per heavy atom. The van der Waals surface area contributed by atoms with Crippen molar-refractivity contribution in [2.24, 2.45) is 11.8 Å². The molecule has 6 rings (SSSR count). The summed E-state index contributed by atoms with van der Waals surface area (Å²) in [6.07, 6.45) is 0.169. The number of hydrogen-bond donors (Lipinski definition) is 1. The van der Waals surface area contributed by atoms with Crippen LogP contribution in [0.15, 0.2) is 140 Å². The molecule has 0 unspecified atom stereocenters. The van der Waals surface area contributed by atoms with E-state index in [-0.39, 0.29) is 18.0 Å². The molecule has 45 heavy (non-hydrogen) atoms. The molecule has 1 aliphatic carbocycles. The molecule has 0 amide bonds. The fraction of sp³-hybridized carbons (Fsp3) is 0.200. The van der Waals surface area contributed by atoms with Gasteiger partial charge in [-0.1, -0.05) is 115 Å². The monoisotopic (exact) mass is 596 g/mol. The molecule has 226 valence electrons. The molecule has 0 spiro atoms. The van der Waals surface area contributed by atoms with Crippen LogP contribution in [-0.2, 0) is 5.60 Å². The van der Waals surface area contributed by atoms with Crippen LogP contribution in [0.1, 0.15) is 55.7 Å². The largest absolute Gasteiger partial charge is 0.497 e. The summed E-state index contributed by atoms with van der Waals surface area (Å²) in [6, 6.07) is 42.9. The van der Waals surface area contributed by atoms with Crippen LogP contribution < -0.4 is 9.47 Å². The zero-order valence-corrected chi connectivity index (χ0v) is 25.4. The maximum Gasteiger partial charge on any atom is 0.169 e. The lowest BCUT2D eigenvalue weighted by atomic mass is 9.52. The van der Waals surface area contributed by atoms with Gasteiger partial charge < -0.3 is 14.6 Å². The lowest BCUT2D eigenvalue weighted by Crippen LogP contribution is -2.53. The maximum atomic E-state index is 14.8. The Morgan fingerprint density at radius 2 is 1.04 bits per heavy atom. The minimum absolute atomic E-state index is 0.0711. The molecule has 5 nitrogen and oxygen atoms in total. The second kappa shape index (κ2) is 12.9. The van der Waals surface area contributed by atoms with Crippen molar-refractivity contribution >= 4 is 11.6 Å². The van der Waals surface area contributed by atoms with E-state index in [2.05, 4.69) is 0 Å². The molecule has 1 aliphatic rings. The topological polar surface area (TPSA) is 72.8 Å². The van der Waals surface area contributed by atoms with Crippen molar-refractivity contribution in [1.82, 2.24) is 0 Å². The Bertz CT molecular complexity index is 1730. The highest BCUT2D eigenvalue weighted by atomic mass is 16.5. The molecule has 5 aromatic rings. The van der Waals surface area contributed by atoms with Crippen molar-refractivity contribution in [2.45, 2.75) is 23.9 Å². The molecule has 0 radical (unpaired) electrons. The van der Waals surface area contributed by atoms with Gasteiger partial charge in [0.25, 0.3) is 0 Å². The first-order valence-corrected chi connectivity index (χ1v) is 15.2. The van der Waals surface area contributed by atoms with Crippen molar-refractivity contribution in [3.05, 3.63) is 167 Å². The minimum Gasteiger partial charge on any atom is -0.497 e. The molecule has 0 heterocycles. The maximum absolute atomic E-state index is 14.8. The first kappa shape index (κ1) is 30.0. The summed E-state index contributed by atoms with van der Waals surface area (Å²) < 4.78 is 10.9. The van der Waals surface area contributed by atoms with Gasteiger partial charge in [-0.25, -0.2) is 0 Å². The fourth-order valence-electron chi connectivity index (χ4n) is 7.07. The summed E-state index contributed by atoms with van der Waals surface area (Å²) in [6.45, 7) is 0. The zero-order valence-electron chi connectivity index (χ0n) is 25.4. The van der Waals surface area contributed by atoms with Crippen LogP contribution in [0.3, 0.4) is 0 Å². The summed E-state index contributed by atoms with van der Waals surface area (Å²) in [4.78, 5) is 29.6. The molecule has 5 atom stereocenters. The van der Waals surface area contributed by atoms with Gasteiger partial charge in [0.2, 0.25) is 0 Å². The van der Waals surface area contributed by atoms with E-state index >= 15 is 0 Å². The van der Waals surface area contributed by atoms with Crippen molar-refractivity contribution in [1.29, 1.82) is 0 Å². The number of ether oxygens (including phenoxy) is 2. The molecule has 1 saturated carbocycles. The van der Waals surface area contributed by atoms with Gasteiger partial charge in [0.15, 0.2) is 11.6 Å². The molecule has 5 heteroatoms. The van der Waals surface area contributed by atoms with Gasteiger partial charge in [0, 0.05) is 23.0 Å². The number of carbonyl (C=O) groups is 2. The fourth-order valence-corrected chi connectivity index (χ4v) is 7.07. The van der Waals surface area contributed by atoms with E-state index < -0.39 is 29.3 Å². The third kappa shape index (κ3) is 5.79. The van der Waals surface area contributed by atoms with Crippen LogP contribution in [0.4, 0.5) is 0 Å². The molecule has 0 saturated heterocycles. The lowest BCUT2D eigenvalue weighted by Gasteiger charge is -2.51. The quantitative estimate of drug-likeness (QED) is 0.175. The Hall–Kier alpha value is -5.00. The average Bonchev–Trinajstić information content (AvgIpc) is 3.12. The number of rotatable bonds is 9. The third-order valence-electron chi connectivity index (χ3n) is 9.25. The predicted molar refractivity (Wildman–Crippen MR) is 175 cm³/mol. The summed E-state index contributed by atoms with van der Waals surface area (Å²) >= 11 is 0. The Labute approximate surface area is 264 Å². The average molecular weight is 597 g/mol. The van der Waals surface area contributed by atoms with Crippen LogP contribution in [0.2, 0.25) is 0 Å². The number of Topliss-reactive ketones (excluding diaryl/α,β-unsaturated/α-hetero) is 2. The van der Waals surface area contributed by atoms with Crippen LogP contribution in [0.5, 0.6) is 11.5 Å². The Morgan fingerprint density at radius 1 is 0.600 bits per heavy atom. The van der Waals surface area contributed by atoms with E-state index in [1.807, 2.05) is 127 Å². The van der Waals surface area contributed by atoms with Crippen molar-refractivity contribution < 1.29 is 24.2 Å². The molecule has 1 fully saturated rings.